The molecule has 14 heavy (non-hydrogen) atoms. The number of aromatic amines is 1. The van der Waals surface area contributed by atoms with Gasteiger partial charge in [0.25, 0.3) is 0 Å². The van der Waals surface area contributed by atoms with E-state index in [-0.39, 0.29) is 0 Å². The highest BCUT2D eigenvalue weighted by molar-refractivity contribution is 6.30. The van der Waals surface area contributed by atoms with Crippen LogP contribution >= 0.6 is 11.6 Å². The standard InChI is InChI=1S/C10H8ClN3/c11-8-1-3-9(4-2-8)13-6-10-5-12-7-14-10/h1-7H,(H,12,14). The van der Waals surface area contributed by atoms with Gasteiger partial charge in [-0.2, -0.15) is 0 Å². The SMILES string of the molecule is Clc1ccc(N=Cc2cnc[nH]2)cc1. The van der Waals surface area contributed by atoms with Gasteiger partial charge in [0.2, 0.25) is 0 Å². The molecule has 0 unspecified atom stereocenters. The van der Waals surface area contributed by atoms with Crippen LogP contribution in [0.4, 0.5) is 5.69 Å². The summed E-state index contributed by atoms with van der Waals surface area (Å²) < 4.78 is 0. The second-order valence-electron chi connectivity index (χ2n) is 2.74. The molecular formula is C10H8ClN3. The van der Waals surface area contributed by atoms with Crippen molar-refractivity contribution in [2.24, 2.45) is 4.99 Å². The Kier molecular flexibility index (Phi) is 2.60. The fraction of sp³-hybridized carbons (Fsp3) is 0. The molecule has 3 nitrogen and oxygen atoms in total. The highest BCUT2D eigenvalue weighted by Crippen LogP contribution is 2.15. The highest BCUT2D eigenvalue weighted by atomic mass is 35.5. The Labute approximate surface area is 86.5 Å². The Balaban J connectivity index is 2.15. The Hall–Kier alpha value is -1.61. The lowest BCUT2D eigenvalue weighted by atomic mass is 10.3. The monoisotopic (exact) mass is 205 g/mol. The molecule has 0 saturated heterocycles. The van der Waals surface area contributed by atoms with E-state index in [4.69, 9.17) is 11.6 Å². The maximum absolute atomic E-state index is 5.74. The molecule has 2 aromatic rings. The molecule has 0 aliphatic heterocycles. The largest absolute Gasteiger partial charge is 0.344 e. The van der Waals surface area contributed by atoms with Gasteiger partial charge in [0.1, 0.15) is 0 Å². The van der Waals surface area contributed by atoms with Gasteiger partial charge in [-0.15, -0.1) is 0 Å². The number of imidazole rings is 1. The molecule has 2 rings (SSSR count). The molecule has 0 amide bonds. The zero-order valence-corrected chi connectivity index (χ0v) is 8.07. The summed E-state index contributed by atoms with van der Waals surface area (Å²) in [5, 5.41) is 0.713. The predicted molar refractivity (Wildman–Crippen MR) is 57.3 cm³/mol. The van der Waals surface area contributed by atoms with Gasteiger partial charge in [0.15, 0.2) is 0 Å². The van der Waals surface area contributed by atoms with Crippen LogP contribution in [0.3, 0.4) is 0 Å². The lowest BCUT2D eigenvalue weighted by Gasteiger charge is -1.92. The van der Waals surface area contributed by atoms with E-state index in [0.717, 1.165) is 11.4 Å². The Bertz CT molecular complexity index is 417. The Morgan fingerprint density at radius 2 is 2.07 bits per heavy atom. The third-order valence-electron chi connectivity index (χ3n) is 1.70. The minimum atomic E-state index is 0.713. The molecule has 4 heteroatoms. The summed E-state index contributed by atoms with van der Waals surface area (Å²) in [4.78, 5) is 11.0. The molecule has 1 heterocycles. The molecule has 0 aliphatic rings. The molecule has 0 radical (unpaired) electrons. The summed E-state index contributed by atoms with van der Waals surface area (Å²) in [5.41, 5.74) is 1.74. The lowest BCUT2D eigenvalue weighted by molar-refractivity contribution is 1.31. The van der Waals surface area contributed by atoms with Crippen LogP contribution in [0.2, 0.25) is 5.02 Å². The minimum absolute atomic E-state index is 0.713. The quantitative estimate of drug-likeness (QED) is 0.753. The first-order valence-electron chi connectivity index (χ1n) is 4.12. The third kappa shape index (κ3) is 2.20. The van der Waals surface area contributed by atoms with E-state index in [1.54, 1.807) is 30.9 Å². The van der Waals surface area contributed by atoms with Crippen LogP contribution < -0.4 is 0 Å². The Morgan fingerprint density at radius 1 is 1.29 bits per heavy atom. The summed E-state index contributed by atoms with van der Waals surface area (Å²) in [6.45, 7) is 0. The van der Waals surface area contributed by atoms with E-state index in [2.05, 4.69) is 15.0 Å². The molecule has 0 fully saturated rings. The van der Waals surface area contributed by atoms with Crippen LogP contribution in [0.1, 0.15) is 5.69 Å². The van der Waals surface area contributed by atoms with Crippen LogP contribution in [-0.4, -0.2) is 16.2 Å². The number of H-pyrrole nitrogens is 1. The number of benzene rings is 1. The molecule has 0 saturated carbocycles. The summed E-state index contributed by atoms with van der Waals surface area (Å²) in [6.07, 6.45) is 5.04. The van der Waals surface area contributed by atoms with Gasteiger partial charge in [-0.25, -0.2) is 4.98 Å². The average Bonchev–Trinajstić information content (AvgIpc) is 2.70. The average molecular weight is 206 g/mol. The second-order valence-corrected chi connectivity index (χ2v) is 3.18. The summed E-state index contributed by atoms with van der Waals surface area (Å²) in [7, 11) is 0. The van der Waals surface area contributed by atoms with Crippen molar-refractivity contribution in [2.75, 3.05) is 0 Å². The van der Waals surface area contributed by atoms with Crippen molar-refractivity contribution in [1.29, 1.82) is 0 Å². The van der Waals surface area contributed by atoms with Crippen molar-refractivity contribution in [3.05, 3.63) is 47.5 Å². The van der Waals surface area contributed by atoms with E-state index < -0.39 is 0 Å². The zero-order chi connectivity index (χ0) is 9.80. The molecule has 1 aromatic heterocycles. The molecule has 1 aromatic carbocycles. The first kappa shape index (κ1) is 8.97. The summed E-state index contributed by atoms with van der Waals surface area (Å²) in [6, 6.07) is 7.33. The normalized spacial score (nSPS) is 10.9. The maximum Gasteiger partial charge on any atom is 0.0924 e. The van der Waals surface area contributed by atoms with E-state index in [1.807, 2.05) is 12.1 Å². The zero-order valence-electron chi connectivity index (χ0n) is 7.31. The van der Waals surface area contributed by atoms with Crippen LogP contribution in [0, 0.1) is 0 Å². The van der Waals surface area contributed by atoms with Gasteiger partial charge in [0, 0.05) is 5.02 Å². The van der Waals surface area contributed by atoms with Gasteiger partial charge in [-0.1, -0.05) is 11.6 Å². The molecule has 1 N–H and O–H groups in total. The van der Waals surface area contributed by atoms with E-state index in [1.165, 1.54) is 0 Å². The first-order valence-corrected chi connectivity index (χ1v) is 4.50. The van der Waals surface area contributed by atoms with Gasteiger partial charge < -0.3 is 4.98 Å². The van der Waals surface area contributed by atoms with Crippen LogP contribution in [0.25, 0.3) is 0 Å². The fourth-order valence-corrected chi connectivity index (χ4v) is 1.13. The van der Waals surface area contributed by atoms with E-state index in [9.17, 15) is 0 Å². The maximum atomic E-state index is 5.74. The Morgan fingerprint density at radius 3 is 2.71 bits per heavy atom. The third-order valence-corrected chi connectivity index (χ3v) is 1.95. The second kappa shape index (κ2) is 4.07. The molecule has 0 atom stereocenters. The number of nitrogens with one attached hydrogen (secondary N) is 1. The number of nitrogens with zero attached hydrogens (tertiary/aromatic N) is 2. The summed E-state index contributed by atoms with van der Waals surface area (Å²) >= 11 is 5.74. The predicted octanol–water partition coefficient (Wildman–Crippen LogP) is 2.81. The van der Waals surface area contributed by atoms with E-state index in [0.29, 0.717) is 5.02 Å². The van der Waals surface area contributed by atoms with Gasteiger partial charge in [-0.3, -0.25) is 4.99 Å². The first-order chi connectivity index (χ1) is 6.84. The van der Waals surface area contributed by atoms with Gasteiger partial charge >= 0.3 is 0 Å². The fourth-order valence-electron chi connectivity index (χ4n) is 1.01. The minimum Gasteiger partial charge on any atom is -0.344 e. The molecule has 0 spiro atoms. The van der Waals surface area contributed by atoms with Crippen LogP contribution in [-0.2, 0) is 0 Å². The van der Waals surface area contributed by atoms with Crippen molar-refractivity contribution in [2.45, 2.75) is 0 Å². The topological polar surface area (TPSA) is 41.0 Å². The lowest BCUT2D eigenvalue weighted by Crippen LogP contribution is -1.77. The number of halogens is 1. The molecule has 0 aliphatic carbocycles. The van der Waals surface area contributed by atoms with Crippen molar-refractivity contribution < 1.29 is 0 Å². The number of hydrogen-bond acceptors (Lipinski definition) is 2. The van der Waals surface area contributed by atoms with Crippen molar-refractivity contribution in [1.82, 2.24) is 9.97 Å². The van der Waals surface area contributed by atoms with Gasteiger partial charge in [-0.05, 0) is 24.3 Å². The molecule has 0 bridgehead atoms. The number of hydrogen-bond donors (Lipinski definition) is 1. The van der Waals surface area contributed by atoms with Crippen LogP contribution in [0.15, 0.2) is 41.8 Å². The number of aromatic nitrogens is 2. The van der Waals surface area contributed by atoms with Gasteiger partial charge in [0.05, 0.1) is 30.1 Å². The van der Waals surface area contributed by atoms with Crippen molar-refractivity contribution in [3.63, 3.8) is 0 Å². The van der Waals surface area contributed by atoms with Crippen molar-refractivity contribution in [3.8, 4) is 0 Å². The summed E-state index contributed by atoms with van der Waals surface area (Å²) in [5.74, 6) is 0. The smallest absolute Gasteiger partial charge is 0.0924 e. The highest BCUT2D eigenvalue weighted by Gasteiger charge is 1.89. The van der Waals surface area contributed by atoms with E-state index >= 15 is 0 Å². The molecular weight excluding hydrogens is 198 g/mol. The molecule has 70 valence electrons. The number of aliphatic imine (C=N–C) groups is 1. The number of rotatable bonds is 2. The van der Waals surface area contributed by atoms with Crippen molar-refractivity contribution >= 4 is 23.5 Å². The van der Waals surface area contributed by atoms with Crippen LogP contribution in [0.5, 0.6) is 0 Å².